The summed E-state index contributed by atoms with van der Waals surface area (Å²) in [6.45, 7) is 1.33. The zero-order chi connectivity index (χ0) is 15.8. The molecular formula is C18H18N2O2. The molecule has 0 aliphatic heterocycles. The third-order valence-corrected chi connectivity index (χ3v) is 3.36. The van der Waals surface area contributed by atoms with Crippen LogP contribution in [0.15, 0.2) is 54.6 Å². The van der Waals surface area contributed by atoms with Gasteiger partial charge in [0.05, 0.1) is 25.3 Å². The number of ether oxygens (including phenoxy) is 1. The smallest absolute Gasteiger partial charge is 0.319 e. The highest BCUT2D eigenvalue weighted by atomic mass is 16.5. The summed E-state index contributed by atoms with van der Waals surface area (Å²) >= 11 is 0. The zero-order valence-electron chi connectivity index (χ0n) is 12.5. The van der Waals surface area contributed by atoms with Crippen molar-refractivity contribution >= 4 is 5.97 Å². The second-order valence-corrected chi connectivity index (χ2v) is 4.98. The van der Waals surface area contributed by atoms with Crippen LogP contribution in [0.1, 0.15) is 16.7 Å². The molecule has 4 heteroatoms. The Morgan fingerprint density at radius 2 is 1.77 bits per heavy atom. The second kappa shape index (κ2) is 7.96. The Bertz CT molecular complexity index is 662. The van der Waals surface area contributed by atoms with Crippen LogP contribution in [0.5, 0.6) is 0 Å². The molecule has 0 aromatic heterocycles. The summed E-state index contributed by atoms with van der Waals surface area (Å²) < 4.78 is 4.77. The van der Waals surface area contributed by atoms with Crippen molar-refractivity contribution in [2.24, 2.45) is 0 Å². The monoisotopic (exact) mass is 294 g/mol. The fourth-order valence-corrected chi connectivity index (χ4v) is 2.26. The van der Waals surface area contributed by atoms with Gasteiger partial charge in [0, 0.05) is 13.1 Å². The van der Waals surface area contributed by atoms with Crippen molar-refractivity contribution in [1.29, 1.82) is 5.26 Å². The number of nitriles is 1. The van der Waals surface area contributed by atoms with E-state index in [2.05, 4.69) is 6.07 Å². The lowest BCUT2D eigenvalue weighted by atomic mass is 10.1. The van der Waals surface area contributed by atoms with Gasteiger partial charge in [0.2, 0.25) is 0 Å². The molecule has 2 rings (SSSR count). The molecule has 0 aliphatic carbocycles. The first-order valence-electron chi connectivity index (χ1n) is 7.04. The lowest BCUT2D eigenvalue weighted by Crippen LogP contribution is -2.30. The van der Waals surface area contributed by atoms with E-state index in [9.17, 15) is 10.1 Å². The molecule has 0 amide bonds. The van der Waals surface area contributed by atoms with Gasteiger partial charge in [-0.15, -0.1) is 0 Å². The molecule has 0 aliphatic rings. The maximum absolute atomic E-state index is 11.6. The number of carbonyl (C=O) groups is 1. The molecule has 0 spiro atoms. The average Bonchev–Trinajstić information content (AvgIpc) is 2.56. The van der Waals surface area contributed by atoms with Crippen molar-refractivity contribution in [2.75, 3.05) is 13.7 Å². The Morgan fingerprint density at radius 3 is 2.45 bits per heavy atom. The average molecular weight is 294 g/mol. The molecule has 0 saturated heterocycles. The summed E-state index contributed by atoms with van der Waals surface area (Å²) in [4.78, 5) is 13.6. The van der Waals surface area contributed by atoms with Gasteiger partial charge >= 0.3 is 5.97 Å². The topological polar surface area (TPSA) is 53.3 Å². The molecule has 0 bridgehead atoms. The first kappa shape index (κ1) is 15.7. The van der Waals surface area contributed by atoms with Crippen LogP contribution in [0.25, 0.3) is 0 Å². The van der Waals surface area contributed by atoms with Gasteiger partial charge < -0.3 is 4.74 Å². The summed E-state index contributed by atoms with van der Waals surface area (Å²) in [5.74, 6) is -0.287. The molecule has 4 nitrogen and oxygen atoms in total. The Balaban J connectivity index is 2.17. The number of carbonyl (C=O) groups excluding carboxylic acids is 1. The Kier molecular flexibility index (Phi) is 5.70. The van der Waals surface area contributed by atoms with Gasteiger partial charge in [-0.05, 0) is 17.2 Å². The van der Waals surface area contributed by atoms with Crippen LogP contribution in [0.4, 0.5) is 0 Å². The largest absolute Gasteiger partial charge is 0.468 e. The van der Waals surface area contributed by atoms with E-state index >= 15 is 0 Å². The van der Waals surface area contributed by atoms with E-state index in [1.165, 1.54) is 7.11 Å². The number of rotatable bonds is 6. The van der Waals surface area contributed by atoms with Crippen molar-refractivity contribution in [3.63, 3.8) is 0 Å². The third kappa shape index (κ3) is 4.44. The summed E-state index contributed by atoms with van der Waals surface area (Å²) in [7, 11) is 1.38. The summed E-state index contributed by atoms with van der Waals surface area (Å²) in [5, 5.41) is 9.19. The first-order valence-corrected chi connectivity index (χ1v) is 7.04. The first-order chi connectivity index (χ1) is 10.7. The van der Waals surface area contributed by atoms with E-state index in [4.69, 9.17) is 4.74 Å². The van der Waals surface area contributed by atoms with Crippen molar-refractivity contribution < 1.29 is 9.53 Å². The number of nitrogens with zero attached hydrogens (tertiary/aromatic N) is 2. The minimum Gasteiger partial charge on any atom is -0.468 e. The SMILES string of the molecule is COC(=O)CN(Cc1ccccc1)Cc1ccccc1C#N. The molecule has 22 heavy (non-hydrogen) atoms. The van der Waals surface area contributed by atoms with Crippen LogP contribution in [-0.4, -0.2) is 24.5 Å². The normalized spacial score (nSPS) is 10.2. The van der Waals surface area contributed by atoms with Gasteiger partial charge in [-0.25, -0.2) is 0 Å². The fraction of sp³-hybridized carbons (Fsp3) is 0.222. The number of esters is 1. The number of hydrogen-bond donors (Lipinski definition) is 0. The Morgan fingerprint density at radius 1 is 1.09 bits per heavy atom. The van der Waals surface area contributed by atoms with Crippen LogP contribution >= 0.6 is 0 Å². The van der Waals surface area contributed by atoms with Crippen molar-refractivity contribution in [3.05, 3.63) is 71.3 Å². The van der Waals surface area contributed by atoms with Gasteiger partial charge in [-0.3, -0.25) is 9.69 Å². The molecule has 0 radical (unpaired) electrons. The molecule has 0 atom stereocenters. The van der Waals surface area contributed by atoms with E-state index < -0.39 is 0 Å². The molecule has 0 saturated carbocycles. The third-order valence-electron chi connectivity index (χ3n) is 3.36. The van der Waals surface area contributed by atoms with Crippen LogP contribution in [-0.2, 0) is 22.6 Å². The molecule has 112 valence electrons. The predicted molar refractivity (Wildman–Crippen MR) is 83.7 cm³/mol. The van der Waals surface area contributed by atoms with Crippen molar-refractivity contribution in [3.8, 4) is 6.07 Å². The number of benzene rings is 2. The number of methoxy groups -OCH3 is 1. The maximum atomic E-state index is 11.6. The Hall–Kier alpha value is -2.64. The molecule has 0 fully saturated rings. The van der Waals surface area contributed by atoms with Gasteiger partial charge in [-0.2, -0.15) is 5.26 Å². The van der Waals surface area contributed by atoms with Gasteiger partial charge in [0.25, 0.3) is 0 Å². The summed E-state index contributed by atoms with van der Waals surface area (Å²) in [5.41, 5.74) is 2.65. The van der Waals surface area contributed by atoms with Gasteiger partial charge in [0.1, 0.15) is 0 Å². The van der Waals surface area contributed by atoms with Crippen LogP contribution in [0.3, 0.4) is 0 Å². The highest BCUT2D eigenvalue weighted by Crippen LogP contribution is 2.13. The standard InChI is InChI=1S/C18H18N2O2/c1-22-18(21)14-20(12-15-7-3-2-4-8-15)13-17-10-6-5-9-16(17)11-19/h2-10H,12-14H2,1H3. The quantitative estimate of drug-likeness (QED) is 0.769. The minimum absolute atomic E-state index is 0.186. The number of hydrogen-bond acceptors (Lipinski definition) is 4. The lowest BCUT2D eigenvalue weighted by Gasteiger charge is -2.21. The van der Waals surface area contributed by atoms with Crippen molar-refractivity contribution in [1.82, 2.24) is 4.90 Å². The zero-order valence-corrected chi connectivity index (χ0v) is 12.5. The Labute approximate surface area is 130 Å². The van der Waals surface area contributed by atoms with Crippen LogP contribution < -0.4 is 0 Å². The molecular weight excluding hydrogens is 276 g/mol. The van der Waals surface area contributed by atoms with E-state index in [1.54, 1.807) is 6.07 Å². The van der Waals surface area contributed by atoms with Gasteiger partial charge in [0.15, 0.2) is 0 Å². The molecule has 2 aromatic rings. The summed E-state index contributed by atoms with van der Waals surface area (Å²) in [6, 6.07) is 19.5. The van der Waals surface area contributed by atoms with Gasteiger partial charge in [-0.1, -0.05) is 48.5 Å². The fourth-order valence-electron chi connectivity index (χ4n) is 2.26. The maximum Gasteiger partial charge on any atom is 0.319 e. The molecule has 0 unspecified atom stereocenters. The highest BCUT2D eigenvalue weighted by Gasteiger charge is 2.14. The molecule has 0 N–H and O–H groups in total. The highest BCUT2D eigenvalue weighted by molar-refractivity contribution is 5.71. The van der Waals surface area contributed by atoms with Crippen LogP contribution in [0, 0.1) is 11.3 Å². The van der Waals surface area contributed by atoms with Crippen LogP contribution in [0.2, 0.25) is 0 Å². The second-order valence-electron chi connectivity index (χ2n) is 4.98. The minimum atomic E-state index is -0.287. The van der Waals surface area contributed by atoms with E-state index in [0.717, 1.165) is 11.1 Å². The van der Waals surface area contributed by atoms with E-state index in [-0.39, 0.29) is 12.5 Å². The summed E-state index contributed by atoms with van der Waals surface area (Å²) in [6.07, 6.45) is 0. The molecule has 0 heterocycles. The predicted octanol–water partition coefficient (Wildman–Crippen LogP) is 2.73. The lowest BCUT2D eigenvalue weighted by molar-refractivity contribution is -0.142. The van der Waals surface area contributed by atoms with Crippen molar-refractivity contribution in [2.45, 2.75) is 13.1 Å². The molecule has 2 aromatic carbocycles. The van der Waals surface area contributed by atoms with E-state index in [1.807, 2.05) is 53.4 Å². The van der Waals surface area contributed by atoms with E-state index in [0.29, 0.717) is 18.7 Å².